The number of amides is 3. The number of rotatable bonds is 5. The number of benzene rings is 1. The van der Waals surface area contributed by atoms with Gasteiger partial charge in [-0.25, -0.2) is 4.79 Å². The van der Waals surface area contributed by atoms with E-state index in [9.17, 15) is 9.59 Å². The van der Waals surface area contributed by atoms with Gasteiger partial charge in [-0.1, -0.05) is 13.0 Å². The van der Waals surface area contributed by atoms with E-state index in [1.54, 1.807) is 12.0 Å². The number of hydrogen-bond acceptors (Lipinski definition) is 3. The number of ether oxygens (including phenoxy) is 1. The van der Waals surface area contributed by atoms with Crippen LogP contribution in [0.5, 0.6) is 5.75 Å². The van der Waals surface area contributed by atoms with Gasteiger partial charge in [-0.3, -0.25) is 4.79 Å². The number of methoxy groups -OCH3 is 1. The van der Waals surface area contributed by atoms with Gasteiger partial charge in [0.2, 0.25) is 5.91 Å². The Morgan fingerprint density at radius 1 is 1.12 bits per heavy atom. The average molecular weight is 361 g/mol. The topological polar surface area (TPSA) is 61.9 Å². The standard InChI is InChI=1S/C20H31N3O3/c1-5-7-21-20(25)23-9-6-8-22(10-11-23)19(24)14-17-16(3)12-15(2)13-18(17)26-4/h12-13H,5-11,14H2,1-4H3,(H,21,25). The van der Waals surface area contributed by atoms with Gasteiger partial charge in [0.1, 0.15) is 5.75 Å². The van der Waals surface area contributed by atoms with Crippen molar-refractivity contribution in [1.29, 1.82) is 0 Å². The molecule has 3 amide bonds. The Morgan fingerprint density at radius 2 is 1.81 bits per heavy atom. The van der Waals surface area contributed by atoms with E-state index in [1.165, 1.54) is 0 Å². The van der Waals surface area contributed by atoms with E-state index in [0.29, 0.717) is 39.1 Å². The van der Waals surface area contributed by atoms with Crippen LogP contribution in [0, 0.1) is 13.8 Å². The molecule has 1 fully saturated rings. The first-order valence-corrected chi connectivity index (χ1v) is 9.41. The number of urea groups is 1. The van der Waals surface area contributed by atoms with Gasteiger partial charge < -0.3 is 19.9 Å². The molecule has 1 heterocycles. The van der Waals surface area contributed by atoms with Crippen molar-refractivity contribution < 1.29 is 14.3 Å². The zero-order valence-electron chi connectivity index (χ0n) is 16.4. The fourth-order valence-electron chi connectivity index (χ4n) is 3.34. The summed E-state index contributed by atoms with van der Waals surface area (Å²) < 4.78 is 5.47. The molecule has 0 atom stereocenters. The van der Waals surface area contributed by atoms with Crippen LogP contribution in [0.15, 0.2) is 12.1 Å². The molecular weight excluding hydrogens is 330 g/mol. The molecule has 26 heavy (non-hydrogen) atoms. The fourth-order valence-corrected chi connectivity index (χ4v) is 3.34. The summed E-state index contributed by atoms with van der Waals surface area (Å²) in [6, 6.07) is 4.02. The van der Waals surface area contributed by atoms with Gasteiger partial charge in [-0.2, -0.15) is 0 Å². The first-order valence-electron chi connectivity index (χ1n) is 9.41. The lowest BCUT2D eigenvalue weighted by atomic mass is 10.0. The van der Waals surface area contributed by atoms with Gasteiger partial charge in [0.25, 0.3) is 0 Å². The van der Waals surface area contributed by atoms with Crippen molar-refractivity contribution in [2.75, 3.05) is 39.8 Å². The molecule has 0 spiro atoms. The molecule has 1 saturated heterocycles. The van der Waals surface area contributed by atoms with Crippen LogP contribution in [-0.2, 0) is 11.2 Å². The van der Waals surface area contributed by atoms with Crippen LogP contribution in [0.4, 0.5) is 4.79 Å². The zero-order valence-corrected chi connectivity index (χ0v) is 16.4. The highest BCUT2D eigenvalue weighted by Crippen LogP contribution is 2.25. The summed E-state index contributed by atoms with van der Waals surface area (Å²) >= 11 is 0. The number of carbonyl (C=O) groups is 2. The molecule has 0 unspecified atom stereocenters. The van der Waals surface area contributed by atoms with Crippen molar-refractivity contribution in [2.24, 2.45) is 0 Å². The third-order valence-corrected chi connectivity index (χ3v) is 4.79. The van der Waals surface area contributed by atoms with E-state index in [4.69, 9.17) is 4.74 Å². The van der Waals surface area contributed by atoms with Gasteiger partial charge in [0, 0.05) is 38.3 Å². The number of aryl methyl sites for hydroxylation is 2. The summed E-state index contributed by atoms with van der Waals surface area (Å²) in [5, 5.41) is 2.91. The molecule has 0 bridgehead atoms. The Morgan fingerprint density at radius 3 is 2.50 bits per heavy atom. The molecule has 144 valence electrons. The van der Waals surface area contributed by atoms with Crippen molar-refractivity contribution in [1.82, 2.24) is 15.1 Å². The van der Waals surface area contributed by atoms with Crippen LogP contribution in [0.1, 0.15) is 36.5 Å². The van der Waals surface area contributed by atoms with Crippen LogP contribution < -0.4 is 10.1 Å². The summed E-state index contributed by atoms with van der Waals surface area (Å²) in [4.78, 5) is 28.6. The third kappa shape index (κ3) is 5.13. The highest BCUT2D eigenvalue weighted by Gasteiger charge is 2.23. The summed E-state index contributed by atoms with van der Waals surface area (Å²) in [5.41, 5.74) is 3.15. The van der Waals surface area contributed by atoms with Crippen LogP contribution in [0.3, 0.4) is 0 Å². The Bertz CT molecular complexity index is 645. The minimum Gasteiger partial charge on any atom is -0.496 e. The zero-order chi connectivity index (χ0) is 19.1. The molecule has 1 aliphatic rings. The largest absolute Gasteiger partial charge is 0.496 e. The van der Waals surface area contributed by atoms with Crippen LogP contribution in [-0.4, -0.2) is 61.6 Å². The maximum absolute atomic E-state index is 12.8. The molecule has 6 nitrogen and oxygen atoms in total. The van der Waals surface area contributed by atoms with Crippen LogP contribution in [0.25, 0.3) is 0 Å². The predicted octanol–water partition coefficient (Wildman–Crippen LogP) is 2.51. The molecule has 1 aromatic rings. The Kier molecular flexibility index (Phi) is 7.30. The second-order valence-electron chi connectivity index (χ2n) is 6.89. The molecular formula is C20H31N3O3. The van der Waals surface area contributed by atoms with Crippen LogP contribution >= 0.6 is 0 Å². The van der Waals surface area contributed by atoms with E-state index in [-0.39, 0.29) is 11.9 Å². The molecule has 0 saturated carbocycles. The van der Waals surface area contributed by atoms with Crippen LogP contribution in [0.2, 0.25) is 0 Å². The number of carbonyl (C=O) groups excluding carboxylic acids is 2. The van der Waals surface area contributed by atoms with Gasteiger partial charge in [-0.15, -0.1) is 0 Å². The molecule has 0 aliphatic carbocycles. The van der Waals surface area contributed by atoms with Gasteiger partial charge in [0.05, 0.1) is 13.5 Å². The fraction of sp³-hybridized carbons (Fsp3) is 0.600. The summed E-state index contributed by atoms with van der Waals surface area (Å²) in [7, 11) is 1.64. The Labute approximate surface area is 156 Å². The smallest absolute Gasteiger partial charge is 0.317 e. The van der Waals surface area contributed by atoms with E-state index in [2.05, 4.69) is 11.4 Å². The molecule has 1 N–H and O–H groups in total. The predicted molar refractivity (Wildman–Crippen MR) is 103 cm³/mol. The quantitative estimate of drug-likeness (QED) is 0.876. The monoisotopic (exact) mass is 361 g/mol. The highest BCUT2D eigenvalue weighted by molar-refractivity contribution is 5.80. The lowest BCUT2D eigenvalue weighted by molar-refractivity contribution is -0.130. The number of nitrogens with one attached hydrogen (secondary N) is 1. The van der Waals surface area contributed by atoms with E-state index in [1.807, 2.05) is 31.7 Å². The Hall–Kier alpha value is -2.24. The van der Waals surface area contributed by atoms with E-state index in [0.717, 1.165) is 35.3 Å². The molecule has 0 aromatic heterocycles. The molecule has 1 aliphatic heterocycles. The maximum Gasteiger partial charge on any atom is 0.317 e. The van der Waals surface area contributed by atoms with Crippen molar-refractivity contribution in [3.05, 3.63) is 28.8 Å². The van der Waals surface area contributed by atoms with Gasteiger partial charge in [0.15, 0.2) is 0 Å². The van der Waals surface area contributed by atoms with Gasteiger partial charge >= 0.3 is 6.03 Å². The Balaban J connectivity index is 2.00. The highest BCUT2D eigenvalue weighted by atomic mass is 16.5. The van der Waals surface area contributed by atoms with Crippen molar-refractivity contribution in [3.63, 3.8) is 0 Å². The lowest BCUT2D eigenvalue weighted by Crippen LogP contribution is -2.43. The van der Waals surface area contributed by atoms with Crippen molar-refractivity contribution in [3.8, 4) is 5.75 Å². The first-order chi connectivity index (χ1) is 12.5. The third-order valence-electron chi connectivity index (χ3n) is 4.79. The summed E-state index contributed by atoms with van der Waals surface area (Å²) in [6.07, 6.45) is 2.05. The number of nitrogens with zero attached hydrogens (tertiary/aromatic N) is 2. The minimum absolute atomic E-state index is 0.0304. The molecule has 2 rings (SSSR count). The summed E-state index contributed by atoms with van der Waals surface area (Å²) in [6.45, 7) is 9.27. The maximum atomic E-state index is 12.8. The first kappa shape index (κ1) is 20.1. The molecule has 6 heteroatoms. The second kappa shape index (κ2) is 9.46. The average Bonchev–Trinajstić information content (AvgIpc) is 2.87. The van der Waals surface area contributed by atoms with Gasteiger partial charge in [-0.05, 0) is 43.9 Å². The summed E-state index contributed by atoms with van der Waals surface area (Å²) in [5.74, 6) is 0.859. The SMILES string of the molecule is CCCNC(=O)N1CCCN(C(=O)Cc2c(C)cc(C)cc2OC)CC1. The second-order valence-corrected chi connectivity index (χ2v) is 6.89. The van der Waals surface area contributed by atoms with Crippen molar-refractivity contribution >= 4 is 11.9 Å². The minimum atomic E-state index is -0.0304. The normalized spacial score (nSPS) is 14.8. The van der Waals surface area contributed by atoms with E-state index >= 15 is 0 Å². The van der Waals surface area contributed by atoms with E-state index < -0.39 is 0 Å². The van der Waals surface area contributed by atoms with Crippen molar-refractivity contribution in [2.45, 2.75) is 40.0 Å². The molecule has 0 radical (unpaired) electrons. The molecule has 1 aromatic carbocycles. The number of hydrogen-bond donors (Lipinski definition) is 1. The lowest BCUT2D eigenvalue weighted by Gasteiger charge is -2.23.